The van der Waals surface area contributed by atoms with Gasteiger partial charge >= 0.3 is 0 Å². The summed E-state index contributed by atoms with van der Waals surface area (Å²) in [7, 11) is 0. The monoisotopic (exact) mass is 448 g/mol. The highest BCUT2D eigenvalue weighted by molar-refractivity contribution is 5.96. The van der Waals surface area contributed by atoms with E-state index in [9.17, 15) is 14.0 Å². The summed E-state index contributed by atoms with van der Waals surface area (Å²) in [6.45, 7) is 0.675. The number of rotatable bonds is 8. The molecule has 1 heterocycles. The van der Waals surface area contributed by atoms with Gasteiger partial charge in [0.1, 0.15) is 18.1 Å². The van der Waals surface area contributed by atoms with E-state index in [0.717, 1.165) is 37.7 Å². The van der Waals surface area contributed by atoms with Crippen LogP contribution in [0.1, 0.15) is 53.8 Å². The third-order valence-electron chi connectivity index (χ3n) is 6.15. The van der Waals surface area contributed by atoms with Crippen molar-refractivity contribution in [3.63, 3.8) is 0 Å². The molecule has 5 nitrogen and oxygen atoms in total. The second-order valence-corrected chi connectivity index (χ2v) is 8.55. The molecule has 1 aromatic heterocycles. The Labute approximate surface area is 193 Å². The van der Waals surface area contributed by atoms with Gasteiger partial charge in [-0.25, -0.2) is 4.39 Å². The van der Waals surface area contributed by atoms with Crippen LogP contribution in [0.5, 0.6) is 0 Å². The smallest absolute Gasteiger partial charge is 0.254 e. The van der Waals surface area contributed by atoms with E-state index in [-0.39, 0.29) is 30.0 Å². The van der Waals surface area contributed by atoms with E-state index in [1.165, 1.54) is 18.2 Å². The Morgan fingerprint density at radius 3 is 2.39 bits per heavy atom. The number of amides is 2. The van der Waals surface area contributed by atoms with Crippen molar-refractivity contribution in [1.82, 2.24) is 9.80 Å². The Morgan fingerprint density at radius 2 is 1.70 bits per heavy atom. The number of hydrogen-bond donors (Lipinski definition) is 0. The van der Waals surface area contributed by atoms with Gasteiger partial charge in [0.05, 0.1) is 12.8 Å². The molecule has 3 aromatic rings. The zero-order valence-electron chi connectivity index (χ0n) is 18.7. The van der Waals surface area contributed by atoms with Crippen LogP contribution in [0.4, 0.5) is 4.39 Å². The molecule has 0 aliphatic heterocycles. The van der Waals surface area contributed by atoms with E-state index in [4.69, 9.17) is 4.42 Å². The maximum atomic E-state index is 13.8. The van der Waals surface area contributed by atoms with E-state index in [1.54, 1.807) is 28.2 Å². The minimum absolute atomic E-state index is 0.0272. The fourth-order valence-corrected chi connectivity index (χ4v) is 4.42. The lowest BCUT2D eigenvalue weighted by molar-refractivity contribution is -0.134. The normalized spacial score (nSPS) is 14.1. The lowest BCUT2D eigenvalue weighted by Gasteiger charge is -2.35. The first-order valence-corrected chi connectivity index (χ1v) is 11.5. The summed E-state index contributed by atoms with van der Waals surface area (Å²) in [5.41, 5.74) is 1.27. The largest absolute Gasteiger partial charge is 0.467 e. The van der Waals surface area contributed by atoms with Gasteiger partial charge < -0.3 is 14.2 Å². The summed E-state index contributed by atoms with van der Waals surface area (Å²) < 4.78 is 19.3. The minimum Gasteiger partial charge on any atom is -0.467 e. The number of furan rings is 1. The summed E-state index contributed by atoms with van der Waals surface area (Å²) in [5, 5.41) is 0. The van der Waals surface area contributed by atoms with Gasteiger partial charge in [-0.3, -0.25) is 9.59 Å². The molecular weight excluding hydrogens is 419 g/mol. The number of nitrogens with zero attached hydrogens (tertiary/aromatic N) is 2. The van der Waals surface area contributed by atoms with Crippen LogP contribution in [0.2, 0.25) is 0 Å². The highest BCUT2D eigenvalue weighted by Gasteiger charge is 2.30. The minimum atomic E-state index is -0.459. The van der Waals surface area contributed by atoms with Crippen LogP contribution in [0.25, 0.3) is 0 Å². The van der Waals surface area contributed by atoms with Gasteiger partial charge in [0, 0.05) is 18.2 Å². The number of carbonyl (C=O) groups is 2. The lowest BCUT2D eigenvalue weighted by Crippen LogP contribution is -2.48. The summed E-state index contributed by atoms with van der Waals surface area (Å²) in [6, 6.07) is 19.1. The number of hydrogen-bond acceptors (Lipinski definition) is 3. The second kappa shape index (κ2) is 10.9. The summed E-state index contributed by atoms with van der Waals surface area (Å²) >= 11 is 0. The fourth-order valence-electron chi connectivity index (χ4n) is 4.42. The topological polar surface area (TPSA) is 53.8 Å². The van der Waals surface area contributed by atoms with E-state index in [1.807, 2.05) is 36.4 Å². The molecule has 2 amide bonds. The van der Waals surface area contributed by atoms with Gasteiger partial charge in [0.15, 0.2) is 0 Å². The summed E-state index contributed by atoms with van der Waals surface area (Å²) in [4.78, 5) is 30.3. The standard InChI is InChI=1S/C27H29FN2O3/c28-23-12-7-11-22(17-23)27(32)30(24-13-5-2-6-14-24)20-26(31)29(19-25-15-8-16-33-25)18-21-9-3-1-4-10-21/h1,3-4,7-12,15-17,24H,2,5-6,13-14,18-20H2. The molecule has 0 unspecified atom stereocenters. The van der Waals surface area contributed by atoms with Crippen LogP contribution in [-0.2, 0) is 17.9 Å². The third kappa shape index (κ3) is 6.09. The first kappa shape index (κ1) is 22.8. The SMILES string of the molecule is O=C(CN(C(=O)c1cccc(F)c1)C1CCCCC1)N(Cc1ccccc1)Cc1ccco1. The Balaban J connectivity index is 1.57. The Hall–Kier alpha value is -3.41. The van der Waals surface area contributed by atoms with E-state index < -0.39 is 5.82 Å². The molecule has 1 saturated carbocycles. The van der Waals surface area contributed by atoms with Crippen molar-refractivity contribution >= 4 is 11.8 Å². The Kier molecular flexibility index (Phi) is 7.55. The van der Waals surface area contributed by atoms with Crippen LogP contribution in [0.3, 0.4) is 0 Å². The van der Waals surface area contributed by atoms with Gasteiger partial charge in [-0.2, -0.15) is 0 Å². The molecule has 1 aliphatic carbocycles. The van der Waals surface area contributed by atoms with Crippen LogP contribution in [-0.4, -0.2) is 34.2 Å². The molecule has 2 aromatic carbocycles. The van der Waals surface area contributed by atoms with Crippen molar-refractivity contribution < 1.29 is 18.4 Å². The predicted octanol–water partition coefficient (Wildman–Crippen LogP) is 5.42. The molecule has 0 bridgehead atoms. The van der Waals surface area contributed by atoms with Crippen LogP contribution >= 0.6 is 0 Å². The van der Waals surface area contributed by atoms with Gasteiger partial charge in [-0.1, -0.05) is 55.7 Å². The first-order valence-electron chi connectivity index (χ1n) is 11.5. The quantitative estimate of drug-likeness (QED) is 0.462. The first-order chi connectivity index (χ1) is 16.1. The molecule has 6 heteroatoms. The van der Waals surface area contributed by atoms with Gasteiger partial charge in [0.25, 0.3) is 5.91 Å². The zero-order chi connectivity index (χ0) is 23.0. The summed E-state index contributed by atoms with van der Waals surface area (Å²) in [5.74, 6) is -0.239. The molecule has 0 radical (unpaired) electrons. The van der Waals surface area contributed by atoms with Crippen molar-refractivity contribution in [2.24, 2.45) is 0 Å². The molecular formula is C27H29FN2O3. The van der Waals surface area contributed by atoms with Crippen molar-refractivity contribution in [1.29, 1.82) is 0 Å². The van der Waals surface area contributed by atoms with Crippen molar-refractivity contribution in [3.8, 4) is 0 Å². The molecule has 33 heavy (non-hydrogen) atoms. The highest BCUT2D eigenvalue weighted by atomic mass is 19.1. The number of halogens is 1. The van der Waals surface area contributed by atoms with Crippen LogP contribution in [0, 0.1) is 5.82 Å². The zero-order valence-corrected chi connectivity index (χ0v) is 18.7. The molecule has 1 fully saturated rings. The van der Waals surface area contributed by atoms with Crippen LogP contribution < -0.4 is 0 Å². The molecule has 1 aliphatic rings. The predicted molar refractivity (Wildman–Crippen MR) is 124 cm³/mol. The maximum absolute atomic E-state index is 13.8. The van der Waals surface area contributed by atoms with Crippen molar-refractivity contribution in [2.75, 3.05) is 6.54 Å². The molecule has 172 valence electrons. The highest BCUT2D eigenvalue weighted by Crippen LogP contribution is 2.25. The maximum Gasteiger partial charge on any atom is 0.254 e. The Morgan fingerprint density at radius 1 is 0.909 bits per heavy atom. The Bertz CT molecular complexity index is 1050. The average molecular weight is 449 g/mol. The number of benzene rings is 2. The van der Waals surface area contributed by atoms with E-state index in [2.05, 4.69) is 0 Å². The third-order valence-corrected chi connectivity index (χ3v) is 6.15. The number of carbonyl (C=O) groups excluding carboxylic acids is 2. The molecule has 0 atom stereocenters. The molecule has 0 N–H and O–H groups in total. The van der Waals surface area contributed by atoms with Gasteiger partial charge in [-0.05, 0) is 48.7 Å². The lowest BCUT2D eigenvalue weighted by atomic mass is 9.93. The molecule has 0 saturated heterocycles. The van der Waals surface area contributed by atoms with E-state index >= 15 is 0 Å². The summed E-state index contributed by atoms with van der Waals surface area (Å²) in [6.07, 6.45) is 6.46. The van der Waals surface area contributed by atoms with Crippen molar-refractivity contribution in [2.45, 2.75) is 51.2 Å². The molecule has 0 spiro atoms. The fraction of sp³-hybridized carbons (Fsp3) is 0.333. The van der Waals surface area contributed by atoms with E-state index in [0.29, 0.717) is 18.8 Å². The average Bonchev–Trinajstić information content (AvgIpc) is 3.36. The molecule has 4 rings (SSSR count). The second-order valence-electron chi connectivity index (χ2n) is 8.55. The van der Waals surface area contributed by atoms with Gasteiger partial charge in [-0.15, -0.1) is 0 Å². The van der Waals surface area contributed by atoms with Crippen LogP contribution in [0.15, 0.2) is 77.4 Å². The van der Waals surface area contributed by atoms with Crippen molar-refractivity contribution in [3.05, 3.63) is 95.7 Å². The van der Waals surface area contributed by atoms with Gasteiger partial charge in [0.2, 0.25) is 5.91 Å².